The monoisotopic (exact) mass is 486 g/mol. The molecule has 31 heavy (non-hydrogen) atoms. The zero-order chi connectivity index (χ0) is 22.6. The van der Waals surface area contributed by atoms with Crippen molar-refractivity contribution in [2.24, 2.45) is 12.8 Å². The summed E-state index contributed by atoms with van der Waals surface area (Å²) in [5.41, 5.74) is 5.72. The van der Waals surface area contributed by atoms with Gasteiger partial charge in [0.1, 0.15) is 0 Å². The molecule has 4 aromatic rings. The van der Waals surface area contributed by atoms with Gasteiger partial charge in [0.15, 0.2) is 22.8 Å². The second-order valence-corrected chi connectivity index (χ2v) is 9.20. The third-order valence-corrected chi connectivity index (χ3v) is 5.47. The van der Waals surface area contributed by atoms with Gasteiger partial charge in [-0.15, -0.1) is 5.10 Å². The number of aryl methyl sites for hydroxylation is 1. The van der Waals surface area contributed by atoms with Crippen LogP contribution in [0.15, 0.2) is 35.1 Å². The molecule has 3 aromatic heterocycles. The van der Waals surface area contributed by atoms with E-state index in [1.807, 2.05) is 25.2 Å². The second kappa shape index (κ2) is 7.36. The molecule has 1 aromatic carbocycles. The number of nitrogens with one attached hydrogen (secondary N) is 1. The first kappa shape index (κ1) is 21.3. The van der Waals surface area contributed by atoms with Crippen molar-refractivity contribution in [2.45, 2.75) is 31.9 Å². The number of carbonyl (C=O) groups excluding carboxylic acids is 1. The van der Waals surface area contributed by atoms with Crippen LogP contribution in [0.4, 0.5) is 0 Å². The van der Waals surface area contributed by atoms with E-state index < -0.39 is 17.0 Å². The molecule has 0 unspecified atom stereocenters. The van der Waals surface area contributed by atoms with Gasteiger partial charge in [-0.3, -0.25) is 9.48 Å². The summed E-state index contributed by atoms with van der Waals surface area (Å²) < 4.78 is 3.90. The lowest BCUT2D eigenvalue weighted by atomic mass is 10.00. The van der Waals surface area contributed by atoms with Crippen LogP contribution in [0.5, 0.6) is 0 Å². The topological polar surface area (TPSA) is 136 Å². The number of rotatable bonds is 5. The highest BCUT2D eigenvalue weighted by molar-refractivity contribution is 9.10. The first-order chi connectivity index (χ1) is 14.5. The van der Waals surface area contributed by atoms with Gasteiger partial charge >= 0.3 is 0 Å². The number of para-hydroxylation sites is 1. The zero-order valence-electron chi connectivity index (χ0n) is 17.6. The van der Waals surface area contributed by atoms with Gasteiger partial charge in [-0.2, -0.15) is 9.61 Å². The number of halogens is 1. The SMILES string of the molecule is Cn1cc(-c2nc3c4cccc(Br)c4nc([C@](C)(N)C(=O)NCC(C)(C)O)n3n2)cn1. The van der Waals surface area contributed by atoms with E-state index in [-0.39, 0.29) is 12.4 Å². The quantitative estimate of drug-likeness (QED) is 0.388. The maximum absolute atomic E-state index is 13.0. The number of hydrogen-bond donors (Lipinski definition) is 3. The van der Waals surface area contributed by atoms with Crippen molar-refractivity contribution in [3.63, 3.8) is 0 Å². The average molecular weight is 487 g/mol. The lowest BCUT2D eigenvalue weighted by Crippen LogP contribution is -2.53. The summed E-state index contributed by atoms with van der Waals surface area (Å²) in [7, 11) is 1.81. The molecule has 0 aliphatic rings. The molecule has 0 aliphatic carbocycles. The van der Waals surface area contributed by atoms with E-state index in [1.54, 1.807) is 37.8 Å². The Labute approximate surface area is 186 Å². The molecule has 1 atom stereocenters. The lowest BCUT2D eigenvalue weighted by Gasteiger charge is -2.26. The van der Waals surface area contributed by atoms with Crippen LogP contribution in [0.2, 0.25) is 0 Å². The highest BCUT2D eigenvalue weighted by Gasteiger charge is 2.37. The Balaban J connectivity index is 1.93. The van der Waals surface area contributed by atoms with Crippen molar-refractivity contribution in [3.8, 4) is 11.4 Å². The molecule has 4 rings (SSSR count). The minimum Gasteiger partial charge on any atom is -0.389 e. The Morgan fingerprint density at radius 1 is 1.29 bits per heavy atom. The number of benzene rings is 1. The highest BCUT2D eigenvalue weighted by atomic mass is 79.9. The van der Waals surface area contributed by atoms with Crippen molar-refractivity contribution < 1.29 is 9.90 Å². The molecule has 4 N–H and O–H groups in total. The Kier molecular flexibility index (Phi) is 5.07. The van der Waals surface area contributed by atoms with Crippen LogP contribution in [-0.4, -0.2) is 52.5 Å². The van der Waals surface area contributed by atoms with Gasteiger partial charge in [-0.05, 0) is 48.8 Å². The molecule has 11 heteroatoms. The fourth-order valence-corrected chi connectivity index (χ4v) is 3.63. The molecule has 0 saturated carbocycles. The number of carbonyl (C=O) groups is 1. The number of hydrogen-bond acceptors (Lipinski definition) is 7. The van der Waals surface area contributed by atoms with Crippen LogP contribution >= 0.6 is 15.9 Å². The molecule has 0 saturated heterocycles. The zero-order valence-corrected chi connectivity index (χ0v) is 19.2. The van der Waals surface area contributed by atoms with Crippen LogP contribution in [0.1, 0.15) is 26.6 Å². The third kappa shape index (κ3) is 3.91. The van der Waals surface area contributed by atoms with Crippen molar-refractivity contribution >= 4 is 38.4 Å². The number of aliphatic hydroxyl groups is 1. The molecule has 0 bridgehead atoms. The van der Waals surface area contributed by atoms with Gasteiger partial charge in [0, 0.05) is 29.6 Å². The molecule has 3 heterocycles. The summed E-state index contributed by atoms with van der Waals surface area (Å²) in [4.78, 5) is 22.4. The first-order valence-corrected chi connectivity index (χ1v) is 10.4. The molecule has 0 radical (unpaired) electrons. The lowest BCUT2D eigenvalue weighted by molar-refractivity contribution is -0.127. The van der Waals surface area contributed by atoms with Gasteiger partial charge in [-0.1, -0.05) is 6.07 Å². The average Bonchev–Trinajstić information content (AvgIpc) is 3.31. The van der Waals surface area contributed by atoms with E-state index in [0.29, 0.717) is 17.0 Å². The van der Waals surface area contributed by atoms with Crippen molar-refractivity contribution in [2.75, 3.05) is 6.54 Å². The van der Waals surface area contributed by atoms with Gasteiger partial charge in [0.25, 0.3) is 0 Å². The number of fused-ring (bicyclic) bond motifs is 3. The minimum absolute atomic E-state index is 0.0390. The van der Waals surface area contributed by atoms with E-state index >= 15 is 0 Å². The molecule has 0 spiro atoms. The van der Waals surface area contributed by atoms with Gasteiger partial charge in [0.05, 0.1) is 22.9 Å². The summed E-state index contributed by atoms with van der Waals surface area (Å²) in [5.74, 6) is 0.169. The number of nitrogens with zero attached hydrogens (tertiary/aromatic N) is 6. The molecular formula is C20H23BrN8O2. The van der Waals surface area contributed by atoms with Crippen LogP contribution in [0.3, 0.4) is 0 Å². The smallest absolute Gasteiger partial charge is 0.247 e. The molecule has 0 fully saturated rings. The van der Waals surface area contributed by atoms with E-state index in [9.17, 15) is 9.90 Å². The first-order valence-electron chi connectivity index (χ1n) is 9.61. The van der Waals surface area contributed by atoms with E-state index in [2.05, 4.69) is 31.4 Å². The number of amides is 1. The number of aromatic nitrogens is 6. The van der Waals surface area contributed by atoms with Gasteiger partial charge in [0.2, 0.25) is 5.91 Å². The van der Waals surface area contributed by atoms with Crippen LogP contribution in [0, 0.1) is 0 Å². The Morgan fingerprint density at radius 2 is 2.03 bits per heavy atom. The highest BCUT2D eigenvalue weighted by Crippen LogP contribution is 2.30. The minimum atomic E-state index is -1.55. The summed E-state index contributed by atoms with van der Waals surface area (Å²) in [6.45, 7) is 4.80. The molecule has 1 amide bonds. The van der Waals surface area contributed by atoms with Gasteiger partial charge in [-0.25, -0.2) is 9.97 Å². The summed E-state index contributed by atoms with van der Waals surface area (Å²) in [6.07, 6.45) is 3.47. The standard InChI is InChI=1S/C20H23BrN8O2/c1-19(2,31)10-23-18(30)20(3,22)17-25-14-12(6-5-7-13(14)21)16-26-15(27-29(16)17)11-8-24-28(4)9-11/h5-9,31H,10,22H2,1-4H3,(H,23,30)/t20-/m0/s1. The van der Waals surface area contributed by atoms with Crippen LogP contribution < -0.4 is 11.1 Å². The predicted octanol–water partition coefficient (Wildman–Crippen LogP) is 1.50. The Morgan fingerprint density at radius 3 is 2.68 bits per heavy atom. The maximum Gasteiger partial charge on any atom is 0.247 e. The summed E-state index contributed by atoms with van der Waals surface area (Å²) >= 11 is 3.52. The van der Waals surface area contributed by atoms with Crippen molar-refractivity contribution in [1.29, 1.82) is 0 Å². The van der Waals surface area contributed by atoms with E-state index in [0.717, 1.165) is 15.4 Å². The van der Waals surface area contributed by atoms with E-state index in [4.69, 9.17) is 15.7 Å². The van der Waals surface area contributed by atoms with E-state index in [1.165, 1.54) is 4.52 Å². The van der Waals surface area contributed by atoms with Gasteiger partial charge < -0.3 is 16.2 Å². The number of nitrogens with two attached hydrogens (primary N) is 1. The Bertz CT molecular complexity index is 1300. The van der Waals surface area contributed by atoms with Crippen molar-refractivity contribution in [3.05, 3.63) is 40.9 Å². The van der Waals surface area contributed by atoms with Crippen LogP contribution in [-0.2, 0) is 17.4 Å². The van der Waals surface area contributed by atoms with Crippen LogP contribution in [0.25, 0.3) is 27.9 Å². The normalized spacial score (nSPS) is 14.2. The largest absolute Gasteiger partial charge is 0.389 e. The third-order valence-electron chi connectivity index (χ3n) is 4.83. The maximum atomic E-state index is 13.0. The Hall–Kier alpha value is -2.89. The van der Waals surface area contributed by atoms with Crippen molar-refractivity contribution in [1.82, 2.24) is 34.7 Å². The fraction of sp³-hybridized carbons (Fsp3) is 0.350. The molecule has 162 valence electrons. The molecular weight excluding hydrogens is 464 g/mol. The summed E-state index contributed by atoms with van der Waals surface area (Å²) in [6, 6.07) is 5.62. The summed E-state index contributed by atoms with van der Waals surface area (Å²) in [5, 5.41) is 22.2. The molecule has 10 nitrogen and oxygen atoms in total. The fourth-order valence-electron chi connectivity index (χ4n) is 3.17. The predicted molar refractivity (Wildman–Crippen MR) is 119 cm³/mol. The molecule has 0 aliphatic heterocycles. The second-order valence-electron chi connectivity index (χ2n) is 8.34.